The van der Waals surface area contributed by atoms with Crippen LogP contribution in [0.5, 0.6) is 0 Å². The van der Waals surface area contributed by atoms with Crippen LogP contribution in [0.25, 0.3) is 0 Å². The zero-order valence-electron chi connectivity index (χ0n) is 11.2. The predicted octanol–water partition coefficient (Wildman–Crippen LogP) is 3.94. The van der Waals surface area contributed by atoms with Crippen molar-refractivity contribution in [2.45, 2.75) is 53.5 Å². The van der Waals surface area contributed by atoms with E-state index in [4.69, 9.17) is 0 Å². The molecule has 1 aromatic rings. The molecule has 1 aromatic heterocycles. The Morgan fingerprint density at radius 2 is 1.81 bits per heavy atom. The van der Waals surface area contributed by atoms with E-state index in [2.05, 4.69) is 50.1 Å². The summed E-state index contributed by atoms with van der Waals surface area (Å²) in [4.78, 5) is 4.46. The summed E-state index contributed by atoms with van der Waals surface area (Å²) >= 11 is 0. The van der Waals surface area contributed by atoms with Crippen LogP contribution in [0, 0.1) is 19.8 Å². The molecule has 0 aliphatic heterocycles. The van der Waals surface area contributed by atoms with E-state index in [0.717, 1.165) is 17.3 Å². The summed E-state index contributed by atoms with van der Waals surface area (Å²) in [5.41, 5.74) is 3.34. The van der Waals surface area contributed by atoms with E-state index in [1.54, 1.807) is 0 Å². The highest BCUT2D eigenvalue weighted by Gasteiger charge is 2.06. The number of hydrogen-bond donors (Lipinski definition) is 1. The molecule has 0 spiro atoms. The molecule has 90 valence electrons. The summed E-state index contributed by atoms with van der Waals surface area (Å²) in [6.07, 6.45) is 2.48. The summed E-state index contributed by atoms with van der Waals surface area (Å²) in [7, 11) is 0. The highest BCUT2D eigenvalue weighted by molar-refractivity contribution is 5.48. The van der Waals surface area contributed by atoms with Crippen LogP contribution in [0.2, 0.25) is 0 Å². The van der Waals surface area contributed by atoms with Crippen molar-refractivity contribution in [2.75, 3.05) is 5.32 Å². The second-order valence-electron chi connectivity index (χ2n) is 5.10. The molecule has 16 heavy (non-hydrogen) atoms. The first-order chi connectivity index (χ1) is 7.49. The number of hydrogen-bond acceptors (Lipinski definition) is 2. The number of nitrogens with zero attached hydrogens (tertiary/aromatic N) is 1. The van der Waals surface area contributed by atoms with Crippen molar-refractivity contribution < 1.29 is 0 Å². The van der Waals surface area contributed by atoms with Crippen LogP contribution >= 0.6 is 0 Å². The van der Waals surface area contributed by atoms with Crippen LogP contribution in [-0.4, -0.2) is 11.0 Å². The van der Waals surface area contributed by atoms with E-state index in [0.29, 0.717) is 6.04 Å². The first kappa shape index (κ1) is 13.0. The number of nitrogens with one attached hydrogen (secondary N) is 1. The summed E-state index contributed by atoms with van der Waals surface area (Å²) in [5.74, 6) is 0.779. The minimum Gasteiger partial charge on any atom is -0.381 e. The summed E-state index contributed by atoms with van der Waals surface area (Å²) in [6.45, 7) is 10.9. The Bertz CT molecular complexity index is 332. The van der Waals surface area contributed by atoms with E-state index in [9.17, 15) is 0 Å². The largest absolute Gasteiger partial charge is 0.381 e. The zero-order valence-corrected chi connectivity index (χ0v) is 11.2. The molecule has 1 heterocycles. The molecule has 0 saturated carbocycles. The molecule has 2 nitrogen and oxygen atoms in total. The molecular weight excluding hydrogens is 196 g/mol. The van der Waals surface area contributed by atoms with E-state index in [-0.39, 0.29) is 0 Å². The van der Waals surface area contributed by atoms with Gasteiger partial charge in [0.1, 0.15) is 0 Å². The molecular formula is C14H24N2. The van der Waals surface area contributed by atoms with Gasteiger partial charge in [0.05, 0.1) is 11.4 Å². The molecule has 0 saturated heterocycles. The van der Waals surface area contributed by atoms with Gasteiger partial charge in [-0.15, -0.1) is 0 Å². The monoisotopic (exact) mass is 220 g/mol. The van der Waals surface area contributed by atoms with Gasteiger partial charge in [-0.05, 0) is 51.7 Å². The number of anilines is 1. The van der Waals surface area contributed by atoms with Gasteiger partial charge >= 0.3 is 0 Å². The molecule has 0 radical (unpaired) electrons. The molecule has 1 unspecified atom stereocenters. The van der Waals surface area contributed by atoms with Crippen LogP contribution in [0.4, 0.5) is 5.69 Å². The van der Waals surface area contributed by atoms with Crippen LogP contribution in [0.1, 0.15) is 45.0 Å². The van der Waals surface area contributed by atoms with E-state index in [1.807, 2.05) is 6.92 Å². The molecule has 0 aromatic carbocycles. The van der Waals surface area contributed by atoms with Gasteiger partial charge in [0.15, 0.2) is 0 Å². The van der Waals surface area contributed by atoms with Gasteiger partial charge in [0.25, 0.3) is 0 Å². The van der Waals surface area contributed by atoms with Crippen LogP contribution in [-0.2, 0) is 0 Å². The summed E-state index contributed by atoms with van der Waals surface area (Å²) in [6, 6.07) is 4.71. The number of aryl methyl sites for hydroxylation is 2. The fourth-order valence-electron chi connectivity index (χ4n) is 1.76. The average Bonchev–Trinajstić information content (AvgIpc) is 2.19. The van der Waals surface area contributed by atoms with Crippen molar-refractivity contribution in [3.05, 3.63) is 23.5 Å². The fraction of sp³-hybridized carbons (Fsp3) is 0.643. The normalized spacial score (nSPS) is 12.9. The van der Waals surface area contributed by atoms with Crippen molar-refractivity contribution in [3.63, 3.8) is 0 Å². The summed E-state index contributed by atoms with van der Waals surface area (Å²) < 4.78 is 0. The van der Waals surface area contributed by atoms with Crippen LogP contribution in [0.3, 0.4) is 0 Å². The molecule has 2 heteroatoms. The van der Waals surface area contributed by atoms with Crippen LogP contribution in [0.15, 0.2) is 12.1 Å². The van der Waals surface area contributed by atoms with Gasteiger partial charge < -0.3 is 5.32 Å². The first-order valence-electron chi connectivity index (χ1n) is 6.20. The lowest BCUT2D eigenvalue weighted by atomic mass is 10.0. The molecule has 0 amide bonds. The first-order valence-corrected chi connectivity index (χ1v) is 6.20. The Labute approximate surface area is 99.5 Å². The van der Waals surface area contributed by atoms with Gasteiger partial charge in [-0.1, -0.05) is 13.8 Å². The third-order valence-electron chi connectivity index (χ3n) is 2.80. The van der Waals surface area contributed by atoms with E-state index < -0.39 is 0 Å². The smallest absolute Gasteiger partial charge is 0.0606 e. The minimum atomic E-state index is 0.519. The van der Waals surface area contributed by atoms with Crippen molar-refractivity contribution in [1.29, 1.82) is 0 Å². The van der Waals surface area contributed by atoms with Gasteiger partial charge in [-0.2, -0.15) is 0 Å². The molecule has 1 rings (SSSR count). The maximum Gasteiger partial charge on any atom is 0.0606 e. The quantitative estimate of drug-likeness (QED) is 0.813. The maximum absolute atomic E-state index is 4.46. The lowest BCUT2D eigenvalue weighted by molar-refractivity contribution is 0.527. The fourth-order valence-corrected chi connectivity index (χ4v) is 1.76. The lowest BCUT2D eigenvalue weighted by Gasteiger charge is -2.17. The van der Waals surface area contributed by atoms with Gasteiger partial charge in [-0.25, -0.2) is 0 Å². The van der Waals surface area contributed by atoms with Crippen LogP contribution < -0.4 is 5.32 Å². The van der Waals surface area contributed by atoms with Crippen molar-refractivity contribution >= 4 is 5.69 Å². The second-order valence-corrected chi connectivity index (χ2v) is 5.10. The highest BCUT2D eigenvalue weighted by Crippen LogP contribution is 2.16. The SMILES string of the molecule is Cc1ccc(NC(C)CCC(C)C)c(C)n1. The van der Waals surface area contributed by atoms with Gasteiger partial charge in [0.2, 0.25) is 0 Å². The molecule has 1 atom stereocenters. The topological polar surface area (TPSA) is 24.9 Å². The Morgan fingerprint density at radius 3 is 2.38 bits per heavy atom. The second kappa shape index (κ2) is 5.88. The molecule has 0 bridgehead atoms. The van der Waals surface area contributed by atoms with E-state index >= 15 is 0 Å². The number of pyridine rings is 1. The minimum absolute atomic E-state index is 0.519. The zero-order chi connectivity index (χ0) is 12.1. The Hall–Kier alpha value is -1.05. The average molecular weight is 220 g/mol. The van der Waals surface area contributed by atoms with Crippen molar-refractivity contribution in [2.24, 2.45) is 5.92 Å². The molecule has 0 aliphatic rings. The molecule has 0 aliphatic carbocycles. The standard InChI is InChI=1S/C14H24N2/c1-10(2)6-7-12(4)16-14-9-8-11(3)15-13(14)5/h8-10,12,16H,6-7H2,1-5H3. The predicted molar refractivity (Wildman–Crippen MR) is 70.9 cm³/mol. The van der Waals surface area contributed by atoms with Gasteiger partial charge in [0, 0.05) is 11.7 Å². The Balaban J connectivity index is 2.52. The molecule has 1 N–H and O–H groups in total. The Kier molecular flexibility index (Phi) is 4.78. The lowest BCUT2D eigenvalue weighted by Crippen LogP contribution is -2.16. The van der Waals surface area contributed by atoms with Crippen molar-refractivity contribution in [1.82, 2.24) is 4.98 Å². The third-order valence-corrected chi connectivity index (χ3v) is 2.80. The number of aromatic nitrogens is 1. The summed E-state index contributed by atoms with van der Waals surface area (Å²) in [5, 5.41) is 3.53. The number of rotatable bonds is 5. The third kappa shape index (κ3) is 4.21. The highest BCUT2D eigenvalue weighted by atomic mass is 14.9. The molecule has 0 fully saturated rings. The Morgan fingerprint density at radius 1 is 1.12 bits per heavy atom. The van der Waals surface area contributed by atoms with E-state index in [1.165, 1.54) is 18.5 Å². The maximum atomic E-state index is 4.46. The van der Waals surface area contributed by atoms with Crippen molar-refractivity contribution in [3.8, 4) is 0 Å². The van der Waals surface area contributed by atoms with Gasteiger partial charge in [-0.3, -0.25) is 4.98 Å².